The standard InChI is InChI=1S/C22H18N2O3S/c25-20(23-18-12-6-10-16-9-4-5-11-17(16)18)13-19-21(26)24(22(27)28-19)14-15-7-2-1-3-8-15/h1-12,19H,13-14H2,(H,23,25)/t19-/m0/s1. The Bertz CT molecular complexity index is 1050. The topological polar surface area (TPSA) is 66.5 Å². The zero-order valence-electron chi connectivity index (χ0n) is 15.0. The lowest BCUT2D eigenvalue weighted by molar-refractivity contribution is -0.129. The lowest BCUT2D eigenvalue weighted by Crippen LogP contribution is -2.32. The molecule has 3 amide bonds. The summed E-state index contributed by atoms with van der Waals surface area (Å²) in [4.78, 5) is 38.6. The van der Waals surface area contributed by atoms with Gasteiger partial charge in [-0.05, 0) is 17.0 Å². The fourth-order valence-corrected chi connectivity index (χ4v) is 4.23. The molecule has 3 aromatic carbocycles. The van der Waals surface area contributed by atoms with Crippen molar-refractivity contribution in [3.8, 4) is 0 Å². The molecule has 1 fully saturated rings. The van der Waals surface area contributed by atoms with E-state index in [9.17, 15) is 14.4 Å². The summed E-state index contributed by atoms with van der Waals surface area (Å²) in [6, 6.07) is 22.8. The van der Waals surface area contributed by atoms with Crippen molar-refractivity contribution in [3.63, 3.8) is 0 Å². The third-order valence-corrected chi connectivity index (χ3v) is 5.70. The van der Waals surface area contributed by atoms with Crippen molar-refractivity contribution in [3.05, 3.63) is 78.4 Å². The number of nitrogens with zero attached hydrogens (tertiary/aromatic N) is 1. The number of carbonyl (C=O) groups is 3. The fourth-order valence-electron chi connectivity index (χ4n) is 3.24. The molecule has 4 rings (SSSR count). The van der Waals surface area contributed by atoms with E-state index >= 15 is 0 Å². The molecule has 0 bridgehead atoms. The highest BCUT2D eigenvalue weighted by atomic mass is 32.2. The summed E-state index contributed by atoms with van der Waals surface area (Å²) in [6.07, 6.45) is -0.0379. The number of amides is 3. The molecule has 1 aliphatic rings. The maximum Gasteiger partial charge on any atom is 0.289 e. The highest BCUT2D eigenvalue weighted by Gasteiger charge is 2.40. The van der Waals surface area contributed by atoms with E-state index in [4.69, 9.17) is 0 Å². The summed E-state index contributed by atoms with van der Waals surface area (Å²) >= 11 is 0.920. The van der Waals surface area contributed by atoms with Gasteiger partial charge in [-0.1, -0.05) is 78.5 Å². The summed E-state index contributed by atoms with van der Waals surface area (Å²) in [5.74, 6) is -0.594. The molecule has 0 radical (unpaired) electrons. The van der Waals surface area contributed by atoms with E-state index in [0.717, 1.165) is 28.1 Å². The van der Waals surface area contributed by atoms with Gasteiger partial charge in [0.15, 0.2) is 0 Å². The molecule has 140 valence electrons. The predicted molar refractivity (Wildman–Crippen MR) is 111 cm³/mol. The Morgan fingerprint density at radius 1 is 0.929 bits per heavy atom. The van der Waals surface area contributed by atoms with E-state index < -0.39 is 5.25 Å². The van der Waals surface area contributed by atoms with Crippen LogP contribution >= 0.6 is 11.8 Å². The average Bonchev–Trinajstić information content (AvgIpc) is 2.96. The summed E-state index contributed by atoms with van der Waals surface area (Å²) in [6.45, 7) is 0.229. The molecule has 1 saturated heterocycles. The highest BCUT2D eigenvalue weighted by molar-refractivity contribution is 8.15. The second-order valence-electron chi connectivity index (χ2n) is 6.56. The molecular weight excluding hydrogens is 372 g/mol. The first-order valence-electron chi connectivity index (χ1n) is 8.95. The van der Waals surface area contributed by atoms with Crippen LogP contribution in [-0.2, 0) is 16.1 Å². The summed E-state index contributed by atoms with van der Waals surface area (Å²) in [5.41, 5.74) is 1.58. The zero-order valence-corrected chi connectivity index (χ0v) is 15.8. The van der Waals surface area contributed by atoms with E-state index in [0.29, 0.717) is 5.69 Å². The molecule has 1 N–H and O–H groups in total. The number of hydrogen-bond donors (Lipinski definition) is 1. The molecule has 6 heteroatoms. The van der Waals surface area contributed by atoms with Gasteiger partial charge in [0.2, 0.25) is 11.8 Å². The van der Waals surface area contributed by atoms with E-state index in [-0.39, 0.29) is 30.0 Å². The normalized spacial score (nSPS) is 16.6. The molecule has 0 saturated carbocycles. The maximum atomic E-state index is 12.6. The first-order valence-corrected chi connectivity index (χ1v) is 9.83. The van der Waals surface area contributed by atoms with Gasteiger partial charge in [0, 0.05) is 17.5 Å². The number of hydrogen-bond acceptors (Lipinski definition) is 4. The molecule has 0 unspecified atom stereocenters. The maximum absolute atomic E-state index is 12.6. The van der Waals surface area contributed by atoms with Gasteiger partial charge in [0.1, 0.15) is 5.25 Å². The predicted octanol–water partition coefficient (Wildman–Crippen LogP) is 4.43. The smallest absolute Gasteiger partial charge is 0.289 e. The molecule has 0 spiro atoms. The van der Waals surface area contributed by atoms with Crippen molar-refractivity contribution >= 4 is 45.3 Å². The number of thioether (sulfide) groups is 1. The Kier molecular flexibility index (Phi) is 5.12. The Labute approximate surface area is 166 Å². The highest BCUT2D eigenvalue weighted by Crippen LogP contribution is 2.31. The Balaban J connectivity index is 1.43. The van der Waals surface area contributed by atoms with Gasteiger partial charge in [-0.2, -0.15) is 0 Å². The van der Waals surface area contributed by atoms with Crippen LogP contribution in [0.2, 0.25) is 0 Å². The van der Waals surface area contributed by atoms with Crippen LogP contribution < -0.4 is 5.32 Å². The van der Waals surface area contributed by atoms with Crippen LogP contribution in [0.25, 0.3) is 10.8 Å². The zero-order chi connectivity index (χ0) is 19.5. The van der Waals surface area contributed by atoms with Crippen LogP contribution in [0.5, 0.6) is 0 Å². The van der Waals surface area contributed by atoms with Gasteiger partial charge in [0.05, 0.1) is 6.54 Å². The minimum atomic E-state index is -0.689. The monoisotopic (exact) mass is 390 g/mol. The summed E-state index contributed by atoms with van der Waals surface area (Å²) in [7, 11) is 0. The average molecular weight is 390 g/mol. The molecule has 3 aromatic rings. The summed E-state index contributed by atoms with van der Waals surface area (Å²) < 4.78 is 0. The van der Waals surface area contributed by atoms with Crippen LogP contribution in [0.1, 0.15) is 12.0 Å². The van der Waals surface area contributed by atoms with Crippen molar-refractivity contribution in [1.82, 2.24) is 4.90 Å². The van der Waals surface area contributed by atoms with Crippen LogP contribution in [0.4, 0.5) is 10.5 Å². The molecule has 1 aliphatic heterocycles. The second-order valence-corrected chi connectivity index (χ2v) is 7.72. The number of fused-ring (bicyclic) bond motifs is 1. The van der Waals surface area contributed by atoms with Crippen LogP contribution in [0.3, 0.4) is 0 Å². The lowest BCUT2D eigenvalue weighted by Gasteiger charge is -2.14. The lowest BCUT2D eigenvalue weighted by atomic mass is 10.1. The van der Waals surface area contributed by atoms with Crippen molar-refractivity contribution in [2.24, 2.45) is 0 Å². The Hall–Kier alpha value is -3.12. The number of carbonyl (C=O) groups excluding carboxylic acids is 3. The molecule has 5 nitrogen and oxygen atoms in total. The molecule has 0 aliphatic carbocycles. The number of benzene rings is 3. The number of nitrogens with one attached hydrogen (secondary N) is 1. The van der Waals surface area contributed by atoms with Gasteiger partial charge >= 0.3 is 0 Å². The first kappa shape index (κ1) is 18.3. The van der Waals surface area contributed by atoms with Gasteiger partial charge < -0.3 is 5.32 Å². The van der Waals surface area contributed by atoms with Crippen LogP contribution in [-0.4, -0.2) is 27.2 Å². The van der Waals surface area contributed by atoms with E-state index in [1.807, 2.05) is 72.8 Å². The minimum Gasteiger partial charge on any atom is -0.325 e. The quantitative estimate of drug-likeness (QED) is 0.700. The summed E-state index contributed by atoms with van der Waals surface area (Å²) in [5, 5.41) is 3.84. The Morgan fingerprint density at radius 2 is 1.64 bits per heavy atom. The minimum absolute atomic E-state index is 0.0379. The largest absolute Gasteiger partial charge is 0.325 e. The van der Waals surface area contributed by atoms with Gasteiger partial charge in [-0.15, -0.1) is 0 Å². The SMILES string of the molecule is O=C(C[C@@H]1SC(=O)N(Cc2ccccc2)C1=O)Nc1cccc2ccccc12. The first-order chi connectivity index (χ1) is 13.6. The van der Waals surface area contributed by atoms with Crippen LogP contribution in [0.15, 0.2) is 72.8 Å². The van der Waals surface area contributed by atoms with E-state index in [1.165, 1.54) is 4.90 Å². The third-order valence-electron chi connectivity index (χ3n) is 4.62. The fraction of sp³-hybridized carbons (Fsp3) is 0.136. The van der Waals surface area contributed by atoms with Crippen molar-refractivity contribution in [2.75, 3.05) is 5.32 Å². The number of imide groups is 1. The van der Waals surface area contributed by atoms with Gasteiger partial charge in [0.25, 0.3) is 5.24 Å². The Morgan fingerprint density at radius 3 is 2.46 bits per heavy atom. The van der Waals surface area contributed by atoms with Crippen molar-refractivity contribution in [2.45, 2.75) is 18.2 Å². The third kappa shape index (κ3) is 3.77. The van der Waals surface area contributed by atoms with Crippen LogP contribution in [0, 0.1) is 0 Å². The van der Waals surface area contributed by atoms with E-state index in [1.54, 1.807) is 0 Å². The molecular formula is C22H18N2O3S. The molecule has 28 heavy (non-hydrogen) atoms. The molecule has 1 atom stereocenters. The number of rotatable bonds is 5. The van der Waals surface area contributed by atoms with E-state index in [2.05, 4.69) is 5.32 Å². The van der Waals surface area contributed by atoms with Crippen molar-refractivity contribution in [1.29, 1.82) is 0 Å². The molecule has 0 aromatic heterocycles. The van der Waals surface area contributed by atoms with Gasteiger partial charge in [-0.3, -0.25) is 19.3 Å². The molecule has 1 heterocycles. The van der Waals surface area contributed by atoms with Crippen molar-refractivity contribution < 1.29 is 14.4 Å². The number of anilines is 1. The second kappa shape index (κ2) is 7.86. The van der Waals surface area contributed by atoms with Gasteiger partial charge in [-0.25, -0.2) is 0 Å².